The first-order valence-electron chi connectivity index (χ1n) is 11.1. The van der Waals surface area contributed by atoms with E-state index in [1.165, 1.54) is 12.1 Å². The van der Waals surface area contributed by atoms with Gasteiger partial charge in [0.2, 0.25) is 0 Å². The Bertz CT molecular complexity index is 652. The van der Waals surface area contributed by atoms with Crippen LogP contribution in [0.2, 0.25) is 0 Å². The molecule has 0 aromatic heterocycles. The molecular weight excluding hydrogens is 404 g/mol. The number of guanidine groups is 1. The highest BCUT2D eigenvalue weighted by Crippen LogP contribution is 2.19. The van der Waals surface area contributed by atoms with Crippen LogP contribution in [0.25, 0.3) is 0 Å². The molecule has 1 aliphatic rings. The SMILES string of the molecule is CCNC(=NCC(C)CN1CCN(CC)CC1)NCC(O)c1ccc(OC(F)F)cc1. The normalized spacial score (nSPS) is 18.1. The fourth-order valence-electron chi connectivity index (χ4n) is 3.56. The Labute approximate surface area is 184 Å². The van der Waals surface area contributed by atoms with Crippen LogP contribution in [-0.2, 0) is 0 Å². The quantitative estimate of drug-likeness (QED) is 0.361. The molecule has 1 heterocycles. The van der Waals surface area contributed by atoms with Crippen LogP contribution in [0, 0.1) is 5.92 Å². The van der Waals surface area contributed by atoms with Gasteiger partial charge < -0.3 is 30.3 Å². The van der Waals surface area contributed by atoms with Gasteiger partial charge in [-0.15, -0.1) is 0 Å². The van der Waals surface area contributed by atoms with E-state index in [2.05, 4.69) is 44.0 Å². The molecule has 0 amide bonds. The average molecular weight is 442 g/mol. The van der Waals surface area contributed by atoms with Crippen molar-refractivity contribution in [1.29, 1.82) is 0 Å². The molecule has 0 bridgehead atoms. The second-order valence-corrected chi connectivity index (χ2v) is 7.90. The second kappa shape index (κ2) is 13.4. The summed E-state index contributed by atoms with van der Waals surface area (Å²) in [6, 6.07) is 6.00. The zero-order chi connectivity index (χ0) is 22.6. The van der Waals surface area contributed by atoms with Crippen LogP contribution in [0.3, 0.4) is 0 Å². The van der Waals surface area contributed by atoms with Crippen LogP contribution in [0.5, 0.6) is 5.75 Å². The van der Waals surface area contributed by atoms with Crippen molar-refractivity contribution in [1.82, 2.24) is 20.4 Å². The van der Waals surface area contributed by atoms with E-state index < -0.39 is 12.7 Å². The van der Waals surface area contributed by atoms with E-state index in [0.29, 0.717) is 24.0 Å². The van der Waals surface area contributed by atoms with Gasteiger partial charge in [0, 0.05) is 52.4 Å². The van der Waals surface area contributed by atoms with Crippen LogP contribution in [-0.4, -0.2) is 86.4 Å². The highest BCUT2D eigenvalue weighted by atomic mass is 19.3. The van der Waals surface area contributed by atoms with Gasteiger partial charge in [0.1, 0.15) is 5.75 Å². The summed E-state index contributed by atoms with van der Waals surface area (Å²) < 4.78 is 28.8. The maximum atomic E-state index is 12.2. The topological polar surface area (TPSA) is 72.4 Å². The van der Waals surface area contributed by atoms with Gasteiger partial charge in [-0.05, 0) is 37.1 Å². The van der Waals surface area contributed by atoms with Crippen LogP contribution in [0.1, 0.15) is 32.4 Å². The molecule has 2 rings (SSSR count). The zero-order valence-corrected chi connectivity index (χ0v) is 18.9. The van der Waals surface area contributed by atoms with Crippen LogP contribution < -0.4 is 15.4 Å². The van der Waals surface area contributed by atoms with Crippen molar-refractivity contribution in [2.75, 3.05) is 58.9 Å². The first kappa shape index (κ1) is 25.3. The number of alkyl halides is 2. The Morgan fingerprint density at radius 2 is 1.74 bits per heavy atom. The summed E-state index contributed by atoms with van der Waals surface area (Å²) in [6.45, 7) is 11.8. The predicted molar refractivity (Wildman–Crippen MR) is 120 cm³/mol. The standard InChI is InChI=1S/C22H37F2N5O2/c1-4-25-22(26-14-17(3)16-29-12-10-28(5-2)11-13-29)27-15-20(30)18-6-8-19(9-7-18)31-21(23)24/h6-9,17,20-21,30H,4-5,10-16H2,1-3H3,(H2,25,26,27). The zero-order valence-electron chi connectivity index (χ0n) is 18.9. The Morgan fingerprint density at radius 3 is 2.32 bits per heavy atom. The Kier molecular flexibility index (Phi) is 11.0. The van der Waals surface area contributed by atoms with E-state index in [9.17, 15) is 13.9 Å². The number of likely N-dealkylation sites (N-methyl/N-ethyl adjacent to an activating group) is 1. The number of aliphatic hydroxyl groups is 1. The minimum Gasteiger partial charge on any atom is -0.435 e. The number of halogens is 2. The summed E-state index contributed by atoms with van der Waals surface area (Å²) >= 11 is 0. The number of aliphatic hydroxyl groups excluding tert-OH is 1. The monoisotopic (exact) mass is 441 g/mol. The first-order chi connectivity index (χ1) is 14.9. The van der Waals surface area contributed by atoms with Gasteiger partial charge in [0.25, 0.3) is 0 Å². The second-order valence-electron chi connectivity index (χ2n) is 7.90. The number of nitrogens with zero attached hydrogens (tertiary/aromatic N) is 3. The summed E-state index contributed by atoms with van der Waals surface area (Å²) in [7, 11) is 0. The van der Waals surface area contributed by atoms with E-state index in [-0.39, 0.29) is 12.3 Å². The van der Waals surface area contributed by atoms with Crippen LogP contribution in [0.15, 0.2) is 29.3 Å². The summed E-state index contributed by atoms with van der Waals surface area (Å²) in [5.41, 5.74) is 0.615. The molecule has 1 saturated heterocycles. The van der Waals surface area contributed by atoms with Gasteiger partial charge in [-0.3, -0.25) is 4.99 Å². The van der Waals surface area contributed by atoms with E-state index >= 15 is 0 Å². The summed E-state index contributed by atoms with van der Waals surface area (Å²) in [6.07, 6.45) is -0.795. The van der Waals surface area contributed by atoms with E-state index in [0.717, 1.165) is 45.8 Å². The third-order valence-electron chi connectivity index (χ3n) is 5.34. The smallest absolute Gasteiger partial charge is 0.387 e. The van der Waals surface area contributed by atoms with Gasteiger partial charge in [0.05, 0.1) is 6.10 Å². The molecule has 7 nitrogen and oxygen atoms in total. The fraction of sp³-hybridized carbons (Fsp3) is 0.682. The van der Waals surface area contributed by atoms with Crippen molar-refractivity contribution in [3.8, 4) is 5.75 Å². The average Bonchev–Trinajstić information content (AvgIpc) is 2.76. The molecule has 1 fully saturated rings. The Balaban J connectivity index is 1.79. The lowest BCUT2D eigenvalue weighted by Gasteiger charge is -2.35. The molecule has 176 valence electrons. The van der Waals surface area contributed by atoms with Crippen molar-refractivity contribution in [3.63, 3.8) is 0 Å². The molecule has 9 heteroatoms. The molecule has 1 aromatic rings. The molecule has 2 unspecified atom stereocenters. The number of piperazine rings is 1. The molecule has 31 heavy (non-hydrogen) atoms. The number of hydrogen-bond acceptors (Lipinski definition) is 5. The van der Waals surface area contributed by atoms with Crippen LogP contribution in [0.4, 0.5) is 8.78 Å². The van der Waals surface area contributed by atoms with Crippen molar-refractivity contribution in [3.05, 3.63) is 29.8 Å². The Morgan fingerprint density at radius 1 is 1.10 bits per heavy atom. The van der Waals surface area contributed by atoms with E-state index in [1.54, 1.807) is 12.1 Å². The molecule has 0 aliphatic carbocycles. The number of benzene rings is 1. The molecule has 3 N–H and O–H groups in total. The molecule has 1 aromatic carbocycles. The van der Waals surface area contributed by atoms with Gasteiger partial charge in [-0.1, -0.05) is 26.0 Å². The van der Waals surface area contributed by atoms with Gasteiger partial charge in [-0.25, -0.2) is 0 Å². The van der Waals surface area contributed by atoms with E-state index in [1.807, 2.05) is 6.92 Å². The molecule has 0 radical (unpaired) electrons. The lowest BCUT2D eigenvalue weighted by Crippen LogP contribution is -2.47. The maximum Gasteiger partial charge on any atom is 0.387 e. The minimum atomic E-state index is -2.86. The molecule has 2 atom stereocenters. The van der Waals surface area contributed by atoms with Gasteiger partial charge in [0.15, 0.2) is 5.96 Å². The van der Waals surface area contributed by atoms with Crippen LogP contribution >= 0.6 is 0 Å². The third-order valence-corrected chi connectivity index (χ3v) is 5.34. The molecule has 1 aliphatic heterocycles. The van der Waals surface area contributed by atoms with Crippen molar-refractivity contribution in [2.45, 2.75) is 33.5 Å². The molecule has 0 spiro atoms. The number of ether oxygens (including phenoxy) is 1. The first-order valence-corrected chi connectivity index (χ1v) is 11.1. The summed E-state index contributed by atoms with van der Waals surface area (Å²) in [4.78, 5) is 9.63. The number of aliphatic imine (C=N–C) groups is 1. The van der Waals surface area contributed by atoms with Gasteiger partial charge in [-0.2, -0.15) is 8.78 Å². The maximum absolute atomic E-state index is 12.2. The van der Waals surface area contributed by atoms with Gasteiger partial charge >= 0.3 is 6.61 Å². The largest absolute Gasteiger partial charge is 0.435 e. The van der Waals surface area contributed by atoms with Crippen molar-refractivity contribution < 1.29 is 18.6 Å². The number of nitrogens with one attached hydrogen (secondary N) is 2. The molecular formula is C22H37F2N5O2. The third kappa shape index (κ3) is 9.37. The highest BCUT2D eigenvalue weighted by Gasteiger charge is 2.17. The molecule has 0 saturated carbocycles. The minimum absolute atomic E-state index is 0.0684. The number of rotatable bonds is 11. The highest BCUT2D eigenvalue weighted by molar-refractivity contribution is 5.79. The lowest BCUT2D eigenvalue weighted by atomic mass is 10.1. The van der Waals surface area contributed by atoms with E-state index in [4.69, 9.17) is 0 Å². The lowest BCUT2D eigenvalue weighted by molar-refractivity contribution is -0.0498. The van der Waals surface area contributed by atoms with Crippen molar-refractivity contribution in [2.24, 2.45) is 10.9 Å². The summed E-state index contributed by atoms with van der Waals surface area (Å²) in [5.74, 6) is 1.15. The number of hydrogen-bond donors (Lipinski definition) is 3. The predicted octanol–water partition coefficient (Wildman–Crippen LogP) is 2.15. The summed E-state index contributed by atoms with van der Waals surface area (Å²) in [5, 5.41) is 16.8. The Hall–Kier alpha value is -1.97. The van der Waals surface area contributed by atoms with Crippen molar-refractivity contribution >= 4 is 5.96 Å². The fourth-order valence-corrected chi connectivity index (χ4v) is 3.56.